The Hall–Kier alpha value is -2.15. The summed E-state index contributed by atoms with van der Waals surface area (Å²) in [5, 5.41) is 3.84. The van der Waals surface area contributed by atoms with Gasteiger partial charge in [-0.25, -0.2) is 4.99 Å². The molecule has 3 rings (SSSR count). The van der Waals surface area contributed by atoms with Crippen molar-refractivity contribution in [2.45, 2.75) is 20.4 Å². The number of likely N-dealkylation sites (tertiary alicyclic amines) is 1. The summed E-state index contributed by atoms with van der Waals surface area (Å²) in [5.74, 6) is 1.94. The van der Waals surface area contributed by atoms with E-state index in [1.165, 1.54) is 7.11 Å². The first-order valence-corrected chi connectivity index (χ1v) is 9.60. The second-order valence-corrected chi connectivity index (χ2v) is 7.19. The van der Waals surface area contributed by atoms with E-state index in [1.807, 2.05) is 19.1 Å². The van der Waals surface area contributed by atoms with Gasteiger partial charge >= 0.3 is 5.97 Å². The van der Waals surface area contributed by atoms with E-state index in [1.54, 1.807) is 0 Å². The predicted octanol–water partition coefficient (Wildman–Crippen LogP) is 2.32. The van der Waals surface area contributed by atoms with E-state index < -0.39 is 0 Å². The van der Waals surface area contributed by atoms with Crippen molar-refractivity contribution in [3.05, 3.63) is 22.7 Å². The summed E-state index contributed by atoms with van der Waals surface area (Å²) in [6.07, 6.45) is 0. The number of rotatable bonds is 4. The SMILES string of the molecule is CCNC(=NCc1cc(Cl)c2c(c1)OCCO2)N1CC(C)C(C(=O)OC)C1. The Morgan fingerprint density at radius 3 is 2.89 bits per heavy atom. The van der Waals surface area contributed by atoms with Crippen molar-refractivity contribution in [1.29, 1.82) is 0 Å². The number of carbonyl (C=O) groups excluding carboxylic acids is 1. The third kappa shape index (κ3) is 4.40. The lowest BCUT2D eigenvalue weighted by Gasteiger charge is -2.22. The highest BCUT2D eigenvalue weighted by atomic mass is 35.5. The van der Waals surface area contributed by atoms with Gasteiger partial charge in [0.2, 0.25) is 0 Å². The summed E-state index contributed by atoms with van der Waals surface area (Å²) in [7, 11) is 1.43. The average Bonchev–Trinajstić information content (AvgIpc) is 3.06. The molecule has 8 heteroatoms. The number of halogens is 1. The van der Waals surface area contributed by atoms with E-state index in [-0.39, 0.29) is 17.8 Å². The normalized spacial score (nSPS) is 21.9. The number of esters is 1. The van der Waals surface area contributed by atoms with Crippen LogP contribution in [-0.2, 0) is 16.1 Å². The van der Waals surface area contributed by atoms with E-state index in [0.29, 0.717) is 42.8 Å². The third-order valence-corrected chi connectivity index (χ3v) is 5.10. The minimum absolute atomic E-state index is 0.136. The Morgan fingerprint density at radius 1 is 1.37 bits per heavy atom. The zero-order chi connectivity index (χ0) is 19.4. The lowest BCUT2D eigenvalue weighted by Crippen LogP contribution is -2.40. The number of nitrogens with one attached hydrogen (secondary N) is 1. The maximum absolute atomic E-state index is 12.0. The smallest absolute Gasteiger partial charge is 0.310 e. The second-order valence-electron chi connectivity index (χ2n) is 6.78. The van der Waals surface area contributed by atoms with Gasteiger partial charge in [-0.1, -0.05) is 18.5 Å². The molecule has 0 bridgehead atoms. The summed E-state index contributed by atoms with van der Waals surface area (Å²) in [5.41, 5.74) is 0.941. The number of guanidine groups is 1. The highest BCUT2D eigenvalue weighted by Gasteiger charge is 2.36. The van der Waals surface area contributed by atoms with Gasteiger partial charge in [0.15, 0.2) is 17.5 Å². The maximum atomic E-state index is 12.0. The van der Waals surface area contributed by atoms with Crippen LogP contribution in [-0.4, -0.2) is 56.8 Å². The molecule has 1 fully saturated rings. The molecule has 0 saturated carbocycles. The number of aliphatic imine (C=N–C) groups is 1. The van der Waals surface area contributed by atoms with Crippen LogP contribution in [0, 0.1) is 11.8 Å². The molecule has 0 amide bonds. The van der Waals surface area contributed by atoms with Crippen molar-refractivity contribution in [2.75, 3.05) is 40.0 Å². The molecule has 2 unspecified atom stereocenters. The van der Waals surface area contributed by atoms with Crippen molar-refractivity contribution in [3.63, 3.8) is 0 Å². The number of benzene rings is 1. The predicted molar refractivity (Wildman–Crippen MR) is 104 cm³/mol. The minimum Gasteiger partial charge on any atom is -0.486 e. The van der Waals surface area contributed by atoms with Crippen molar-refractivity contribution < 1.29 is 19.0 Å². The van der Waals surface area contributed by atoms with Gasteiger partial charge in [-0.2, -0.15) is 0 Å². The van der Waals surface area contributed by atoms with Crippen LogP contribution in [0.2, 0.25) is 5.02 Å². The van der Waals surface area contributed by atoms with Gasteiger partial charge in [0.05, 0.1) is 24.6 Å². The van der Waals surface area contributed by atoms with Crippen molar-refractivity contribution >= 4 is 23.5 Å². The summed E-state index contributed by atoms with van der Waals surface area (Å²) < 4.78 is 16.1. The first-order chi connectivity index (χ1) is 13.0. The van der Waals surface area contributed by atoms with Crippen molar-refractivity contribution in [2.24, 2.45) is 16.8 Å². The number of methoxy groups -OCH3 is 1. The van der Waals surface area contributed by atoms with Crippen LogP contribution >= 0.6 is 11.6 Å². The molecule has 1 saturated heterocycles. The molecule has 2 atom stereocenters. The quantitative estimate of drug-likeness (QED) is 0.479. The molecule has 2 aliphatic heterocycles. The molecule has 2 aliphatic rings. The molecule has 0 spiro atoms. The van der Waals surface area contributed by atoms with Crippen molar-refractivity contribution in [3.8, 4) is 11.5 Å². The molecule has 148 valence electrons. The third-order valence-electron chi connectivity index (χ3n) is 4.82. The van der Waals surface area contributed by atoms with Gasteiger partial charge in [-0.05, 0) is 30.5 Å². The molecule has 2 heterocycles. The van der Waals surface area contributed by atoms with E-state index in [2.05, 4.69) is 17.1 Å². The monoisotopic (exact) mass is 395 g/mol. The van der Waals surface area contributed by atoms with Crippen LogP contribution in [0.4, 0.5) is 0 Å². The topological polar surface area (TPSA) is 72.4 Å². The molecule has 7 nitrogen and oxygen atoms in total. The first-order valence-electron chi connectivity index (χ1n) is 9.22. The Morgan fingerprint density at radius 2 is 2.15 bits per heavy atom. The summed E-state index contributed by atoms with van der Waals surface area (Å²) in [6, 6.07) is 3.77. The van der Waals surface area contributed by atoms with Crippen LogP contribution < -0.4 is 14.8 Å². The minimum atomic E-state index is -0.167. The number of fused-ring (bicyclic) bond motifs is 1. The van der Waals surface area contributed by atoms with Gasteiger partial charge in [-0.3, -0.25) is 4.79 Å². The number of nitrogens with zero attached hydrogens (tertiary/aromatic N) is 2. The number of ether oxygens (including phenoxy) is 3. The molecule has 1 N–H and O–H groups in total. The molecule has 0 aliphatic carbocycles. The van der Waals surface area contributed by atoms with E-state index in [9.17, 15) is 4.79 Å². The van der Waals surface area contributed by atoms with E-state index >= 15 is 0 Å². The van der Waals surface area contributed by atoms with Gasteiger partial charge in [0, 0.05) is 19.6 Å². The number of carbonyl (C=O) groups is 1. The molecular weight excluding hydrogens is 370 g/mol. The van der Waals surface area contributed by atoms with Crippen LogP contribution in [0.25, 0.3) is 0 Å². The van der Waals surface area contributed by atoms with E-state index in [0.717, 1.165) is 24.6 Å². The number of hydrogen-bond donors (Lipinski definition) is 1. The van der Waals surface area contributed by atoms with Crippen LogP contribution in [0.5, 0.6) is 11.5 Å². The standard InChI is InChI=1S/C19H26ClN3O4/c1-4-21-19(23-10-12(2)14(11-23)18(24)25-3)22-9-13-7-15(20)17-16(8-13)26-5-6-27-17/h7-8,12,14H,4-6,9-11H2,1-3H3,(H,21,22). The summed E-state index contributed by atoms with van der Waals surface area (Å²) in [4.78, 5) is 18.8. The Labute approximate surface area is 164 Å². The summed E-state index contributed by atoms with van der Waals surface area (Å²) in [6.45, 7) is 7.65. The van der Waals surface area contributed by atoms with Crippen LogP contribution in [0.3, 0.4) is 0 Å². The highest BCUT2D eigenvalue weighted by Crippen LogP contribution is 2.38. The second kappa shape index (κ2) is 8.69. The fourth-order valence-electron chi connectivity index (χ4n) is 3.45. The molecule has 0 aromatic heterocycles. The summed E-state index contributed by atoms with van der Waals surface area (Å²) >= 11 is 6.31. The fraction of sp³-hybridized carbons (Fsp3) is 0.579. The molecule has 1 aromatic carbocycles. The van der Waals surface area contributed by atoms with Crippen molar-refractivity contribution in [1.82, 2.24) is 10.2 Å². The van der Waals surface area contributed by atoms with Gasteiger partial charge in [-0.15, -0.1) is 0 Å². The van der Waals surface area contributed by atoms with Gasteiger partial charge in [0.25, 0.3) is 0 Å². The number of hydrogen-bond acceptors (Lipinski definition) is 5. The maximum Gasteiger partial charge on any atom is 0.310 e. The van der Waals surface area contributed by atoms with Gasteiger partial charge < -0.3 is 24.4 Å². The Bertz CT molecular complexity index is 725. The first kappa shape index (κ1) is 19.6. The fourth-order valence-corrected chi connectivity index (χ4v) is 3.73. The molecule has 27 heavy (non-hydrogen) atoms. The molecule has 0 radical (unpaired) electrons. The Kier molecular flexibility index (Phi) is 6.31. The van der Waals surface area contributed by atoms with Gasteiger partial charge in [0.1, 0.15) is 13.2 Å². The zero-order valence-corrected chi connectivity index (χ0v) is 16.7. The lowest BCUT2D eigenvalue weighted by molar-refractivity contribution is -0.145. The van der Waals surface area contributed by atoms with Crippen LogP contribution in [0.15, 0.2) is 17.1 Å². The average molecular weight is 396 g/mol. The van der Waals surface area contributed by atoms with Crippen LogP contribution in [0.1, 0.15) is 19.4 Å². The zero-order valence-electron chi connectivity index (χ0n) is 16.0. The molecular formula is C19H26ClN3O4. The largest absolute Gasteiger partial charge is 0.486 e. The molecule has 1 aromatic rings. The highest BCUT2D eigenvalue weighted by molar-refractivity contribution is 6.32. The van der Waals surface area contributed by atoms with E-state index in [4.69, 9.17) is 30.8 Å². The Balaban J connectivity index is 1.75. The lowest BCUT2D eigenvalue weighted by atomic mass is 9.99.